The number of hydrogen-bond donors (Lipinski definition) is 0. The molecule has 2 heterocycles. The molecule has 0 saturated carbocycles. The molecule has 94 valence electrons. The van der Waals surface area contributed by atoms with E-state index in [4.69, 9.17) is 16.3 Å². The lowest BCUT2D eigenvalue weighted by Gasteiger charge is -2.32. The third kappa shape index (κ3) is 2.60. The highest BCUT2D eigenvalue weighted by molar-refractivity contribution is 7.89. The van der Waals surface area contributed by atoms with Gasteiger partial charge in [-0.2, -0.15) is 4.31 Å². The molecule has 0 unspecified atom stereocenters. The number of sulfonamides is 1. The van der Waals surface area contributed by atoms with Crippen LogP contribution in [0.5, 0.6) is 0 Å². The number of morpholine rings is 1. The summed E-state index contributed by atoms with van der Waals surface area (Å²) in [6.45, 7) is 3.02. The van der Waals surface area contributed by atoms with Crippen LogP contribution in [0, 0.1) is 0 Å². The zero-order valence-electron chi connectivity index (χ0n) is 9.34. The average Bonchev–Trinajstić information content (AvgIpc) is 2.29. The fourth-order valence-corrected chi connectivity index (χ4v) is 3.60. The Bertz CT molecular complexity index is 506. The third-order valence-corrected chi connectivity index (χ3v) is 4.83. The van der Waals surface area contributed by atoms with E-state index in [2.05, 4.69) is 4.98 Å². The first-order valence-electron chi connectivity index (χ1n) is 5.23. The van der Waals surface area contributed by atoms with E-state index in [9.17, 15) is 8.42 Å². The third-order valence-electron chi connectivity index (χ3n) is 2.61. The van der Waals surface area contributed by atoms with Crippen molar-refractivity contribution in [1.82, 2.24) is 9.29 Å². The summed E-state index contributed by atoms with van der Waals surface area (Å²) in [6.07, 6.45) is 1.39. The van der Waals surface area contributed by atoms with Crippen LogP contribution < -0.4 is 0 Å². The van der Waals surface area contributed by atoms with Crippen molar-refractivity contribution in [2.45, 2.75) is 17.9 Å². The Labute approximate surface area is 105 Å². The molecular weight excluding hydrogens is 264 g/mol. The molecule has 1 fully saturated rings. The van der Waals surface area contributed by atoms with Gasteiger partial charge in [-0.05, 0) is 19.1 Å². The molecule has 1 aliphatic heterocycles. The molecule has 17 heavy (non-hydrogen) atoms. The van der Waals surface area contributed by atoms with Crippen molar-refractivity contribution in [3.05, 3.63) is 23.5 Å². The highest BCUT2D eigenvalue weighted by atomic mass is 35.5. The Hall–Kier alpha value is -0.690. The van der Waals surface area contributed by atoms with Gasteiger partial charge in [0.2, 0.25) is 10.0 Å². The van der Waals surface area contributed by atoms with E-state index in [-0.39, 0.29) is 16.1 Å². The van der Waals surface area contributed by atoms with Gasteiger partial charge < -0.3 is 4.74 Å². The average molecular weight is 277 g/mol. The van der Waals surface area contributed by atoms with Crippen molar-refractivity contribution in [2.24, 2.45) is 0 Å². The Morgan fingerprint density at radius 2 is 2.35 bits per heavy atom. The summed E-state index contributed by atoms with van der Waals surface area (Å²) in [5, 5.41) is 0.173. The lowest BCUT2D eigenvalue weighted by atomic mass is 10.3. The van der Waals surface area contributed by atoms with Gasteiger partial charge in [-0.15, -0.1) is 0 Å². The van der Waals surface area contributed by atoms with Gasteiger partial charge in [0.1, 0.15) is 5.15 Å². The van der Waals surface area contributed by atoms with Crippen molar-refractivity contribution < 1.29 is 13.2 Å². The van der Waals surface area contributed by atoms with Crippen molar-refractivity contribution in [3.63, 3.8) is 0 Å². The standard InChI is InChI=1S/C10H13ClN2O3S/c1-8-7-16-5-4-13(8)17(14,15)9-2-3-12-10(11)6-9/h2-3,6,8H,4-5,7H2,1H3/t8-/m1/s1. The molecule has 0 amide bonds. The maximum Gasteiger partial charge on any atom is 0.243 e. The van der Waals surface area contributed by atoms with Gasteiger partial charge in [0, 0.05) is 18.8 Å². The van der Waals surface area contributed by atoms with Crippen LogP contribution in [0.4, 0.5) is 0 Å². The van der Waals surface area contributed by atoms with Crippen molar-refractivity contribution in [3.8, 4) is 0 Å². The smallest absolute Gasteiger partial charge is 0.243 e. The maximum absolute atomic E-state index is 12.3. The SMILES string of the molecule is C[C@@H]1COCCN1S(=O)(=O)c1ccnc(Cl)c1. The van der Waals surface area contributed by atoms with Crippen LogP contribution in [0.25, 0.3) is 0 Å². The predicted octanol–water partition coefficient (Wildman–Crippen LogP) is 1.14. The van der Waals surface area contributed by atoms with Crippen LogP contribution in [0.2, 0.25) is 5.15 Å². The number of hydrogen-bond acceptors (Lipinski definition) is 4. The van der Waals surface area contributed by atoms with Crippen molar-refractivity contribution in [1.29, 1.82) is 0 Å². The molecule has 2 rings (SSSR count). The van der Waals surface area contributed by atoms with Crippen LogP contribution in [0.1, 0.15) is 6.92 Å². The Balaban J connectivity index is 2.35. The predicted molar refractivity (Wildman–Crippen MR) is 63.4 cm³/mol. The summed E-state index contributed by atoms with van der Waals surface area (Å²) in [5.41, 5.74) is 0. The van der Waals surface area contributed by atoms with Gasteiger partial charge in [0.25, 0.3) is 0 Å². The van der Waals surface area contributed by atoms with Crippen LogP contribution >= 0.6 is 11.6 Å². The molecule has 0 aliphatic carbocycles. The van der Waals surface area contributed by atoms with E-state index in [1.165, 1.54) is 22.6 Å². The topological polar surface area (TPSA) is 59.5 Å². The summed E-state index contributed by atoms with van der Waals surface area (Å²) < 4.78 is 31.3. The van der Waals surface area contributed by atoms with Crippen LogP contribution in [-0.2, 0) is 14.8 Å². The van der Waals surface area contributed by atoms with Crippen LogP contribution in [-0.4, -0.2) is 43.5 Å². The molecule has 0 aromatic carbocycles. The van der Waals surface area contributed by atoms with Crippen molar-refractivity contribution >= 4 is 21.6 Å². The van der Waals surface area contributed by atoms with E-state index >= 15 is 0 Å². The number of halogens is 1. The molecule has 1 atom stereocenters. The second-order valence-electron chi connectivity index (χ2n) is 3.85. The number of aromatic nitrogens is 1. The zero-order valence-corrected chi connectivity index (χ0v) is 10.9. The van der Waals surface area contributed by atoms with Gasteiger partial charge in [0.15, 0.2) is 0 Å². The fraction of sp³-hybridized carbons (Fsp3) is 0.500. The molecule has 1 aliphatic rings. The minimum Gasteiger partial charge on any atom is -0.378 e. The first-order chi connectivity index (χ1) is 8.01. The largest absolute Gasteiger partial charge is 0.378 e. The number of nitrogens with zero attached hydrogens (tertiary/aromatic N) is 2. The summed E-state index contributed by atoms with van der Waals surface area (Å²) in [4.78, 5) is 3.95. The molecule has 1 saturated heterocycles. The molecule has 0 radical (unpaired) electrons. The summed E-state index contributed by atoms with van der Waals surface area (Å²) in [5.74, 6) is 0. The lowest BCUT2D eigenvalue weighted by molar-refractivity contribution is 0.0393. The van der Waals surface area contributed by atoms with Gasteiger partial charge >= 0.3 is 0 Å². The highest BCUT2D eigenvalue weighted by Crippen LogP contribution is 2.21. The van der Waals surface area contributed by atoms with E-state index in [1.807, 2.05) is 6.92 Å². The van der Waals surface area contributed by atoms with Crippen LogP contribution in [0.3, 0.4) is 0 Å². The number of pyridine rings is 1. The van der Waals surface area contributed by atoms with E-state index in [0.29, 0.717) is 19.8 Å². The van der Waals surface area contributed by atoms with Gasteiger partial charge in [-0.1, -0.05) is 11.6 Å². The quantitative estimate of drug-likeness (QED) is 0.760. The number of rotatable bonds is 2. The molecule has 0 bridgehead atoms. The van der Waals surface area contributed by atoms with Gasteiger partial charge in [-0.25, -0.2) is 13.4 Å². The second-order valence-corrected chi connectivity index (χ2v) is 6.13. The van der Waals surface area contributed by atoms with E-state index < -0.39 is 10.0 Å². The summed E-state index contributed by atoms with van der Waals surface area (Å²) in [6, 6.07) is 2.64. The molecule has 5 nitrogen and oxygen atoms in total. The summed E-state index contributed by atoms with van der Waals surface area (Å²) >= 11 is 5.71. The Kier molecular flexibility index (Phi) is 3.67. The van der Waals surface area contributed by atoms with E-state index in [0.717, 1.165) is 0 Å². The minimum atomic E-state index is -3.50. The molecule has 0 spiro atoms. The minimum absolute atomic E-state index is 0.166. The highest BCUT2D eigenvalue weighted by Gasteiger charge is 2.31. The Morgan fingerprint density at radius 1 is 1.59 bits per heavy atom. The van der Waals surface area contributed by atoms with Gasteiger partial charge in [-0.3, -0.25) is 0 Å². The molecule has 7 heteroatoms. The monoisotopic (exact) mass is 276 g/mol. The Morgan fingerprint density at radius 3 is 3.00 bits per heavy atom. The normalized spacial score (nSPS) is 22.6. The molecule has 0 N–H and O–H groups in total. The first-order valence-corrected chi connectivity index (χ1v) is 7.05. The molecule has 1 aromatic heterocycles. The van der Waals surface area contributed by atoms with Crippen molar-refractivity contribution in [2.75, 3.05) is 19.8 Å². The second kappa shape index (κ2) is 4.89. The first kappa shape index (κ1) is 12.8. The maximum atomic E-state index is 12.3. The fourth-order valence-electron chi connectivity index (χ4n) is 1.75. The number of ether oxygens (including phenoxy) is 1. The van der Waals surface area contributed by atoms with E-state index in [1.54, 1.807) is 0 Å². The summed E-state index contributed by atoms with van der Waals surface area (Å²) in [7, 11) is -3.50. The molecular formula is C10H13ClN2O3S. The van der Waals surface area contributed by atoms with Gasteiger partial charge in [0.05, 0.1) is 18.1 Å². The zero-order chi connectivity index (χ0) is 12.5. The van der Waals surface area contributed by atoms with Crippen LogP contribution in [0.15, 0.2) is 23.2 Å². The molecule has 1 aromatic rings. The lowest BCUT2D eigenvalue weighted by Crippen LogP contribution is -2.46.